The van der Waals surface area contributed by atoms with Gasteiger partial charge < -0.3 is 24.3 Å². The van der Waals surface area contributed by atoms with Crippen LogP contribution in [0.5, 0.6) is 0 Å². The van der Waals surface area contributed by atoms with Gasteiger partial charge in [0.2, 0.25) is 22.2 Å². The van der Waals surface area contributed by atoms with Crippen LogP contribution in [-0.4, -0.2) is 76.6 Å². The molecule has 1 aromatic rings. The van der Waals surface area contributed by atoms with Crippen LogP contribution < -0.4 is 5.32 Å². The number of carbonyl (C=O) groups is 1. The largest absolute Gasteiger partial charge is 1.00 e. The van der Waals surface area contributed by atoms with Gasteiger partial charge >= 0.3 is 7.46 Å². The van der Waals surface area contributed by atoms with Crippen LogP contribution in [0.3, 0.4) is 0 Å². The molecule has 0 spiro atoms. The second kappa shape index (κ2) is 7.21. The van der Waals surface area contributed by atoms with Gasteiger partial charge in [0.05, 0.1) is 12.6 Å². The van der Waals surface area contributed by atoms with Crippen LogP contribution in [0.25, 0.3) is 0 Å². The first-order valence-electron chi connectivity index (χ1n) is 7.78. The van der Waals surface area contributed by atoms with Crippen molar-refractivity contribution in [3.05, 3.63) is 11.8 Å². The van der Waals surface area contributed by atoms with Crippen molar-refractivity contribution in [3.8, 4) is 0 Å². The fourth-order valence-corrected chi connectivity index (χ4v) is 3.37. The smallest absolute Gasteiger partial charge is 0.724 e. The van der Waals surface area contributed by atoms with Gasteiger partial charge in [-0.25, -0.2) is 13.2 Å². The first kappa shape index (κ1) is 18.0. The maximum atomic E-state index is 12.3. The van der Waals surface area contributed by atoms with Gasteiger partial charge in [0.15, 0.2) is 0 Å². The lowest BCUT2D eigenvalue weighted by Gasteiger charge is -2.27. The predicted octanol–water partition coefficient (Wildman–Crippen LogP) is -1.36. The summed E-state index contributed by atoms with van der Waals surface area (Å²) in [5.74, 6) is 0.653. The molecule has 3 heterocycles. The predicted molar refractivity (Wildman–Crippen MR) is 79.6 cm³/mol. The summed E-state index contributed by atoms with van der Waals surface area (Å²) in [4.78, 5) is 13.7. The number of hydroxylamine groups is 2. The van der Waals surface area contributed by atoms with E-state index in [2.05, 4.69) is 19.8 Å². The molecule has 0 unspecified atom stereocenters. The maximum Gasteiger partial charge on any atom is 1.00 e. The van der Waals surface area contributed by atoms with Crippen LogP contribution in [-0.2, 0) is 21.1 Å². The SMILES string of the molecule is O=C1N2C[C@@H](CC[C@H]2c2nnc(CCNCCO)o2)N1OS(=O)(=O)[O-].[H+]. The molecule has 0 saturated carbocycles. The molecule has 12 nitrogen and oxygen atoms in total. The van der Waals surface area contributed by atoms with Crippen LogP contribution in [0.15, 0.2) is 4.42 Å². The topological polar surface area (TPSA) is 161 Å². The van der Waals surface area contributed by atoms with Gasteiger partial charge in [0.1, 0.15) is 6.04 Å². The van der Waals surface area contributed by atoms with Crippen LogP contribution in [0.1, 0.15) is 32.1 Å². The molecule has 25 heavy (non-hydrogen) atoms. The summed E-state index contributed by atoms with van der Waals surface area (Å²) in [6, 6.07) is -1.70. The Bertz CT molecular complexity index is 729. The minimum atomic E-state index is -5.02. The highest BCUT2D eigenvalue weighted by Crippen LogP contribution is 2.38. The first-order valence-corrected chi connectivity index (χ1v) is 9.11. The molecule has 2 fully saturated rings. The minimum Gasteiger partial charge on any atom is -0.724 e. The van der Waals surface area contributed by atoms with Gasteiger partial charge in [-0.15, -0.1) is 10.2 Å². The van der Waals surface area contributed by atoms with Crippen molar-refractivity contribution >= 4 is 16.4 Å². The number of hydrogen-bond donors (Lipinski definition) is 2. The summed E-state index contributed by atoms with van der Waals surface area (Å²) >= 11 is 0. The zero-order valence-corrected chi connectivity index (χ0v) is 14.0. The molecule has 2 saturated heterocycles. The fraction of sp³-hybridized carbons (Fsp3) is 0.750. The highest BCUT2D eigenvalue weighted by molar-refractivity contribution is 7.80. The fourth-order valence-electron chi connectivity index (χ4n) is 2.99. The molecule has 3 rings (SSSR count). The van der Waals surface area contributed by atoms with Gasteiger partial charge in [0.25, 0.3) is 0 Å². The number of amides is 2. The van der Waals surface area contributed by atoms with Crippen molar-refractivity contribution in [2.24, 2.45) is 0 Å². The van der Waals surface area contributed by atoms with E-state index in [9.17, 15) is 17.8 Å². The monoisotopic (exact) mass is 377 g/mol. The Labute approximate surface area is 145 Å². The number of aliphatic hydroxyl groups is 1. The Balaban J connectivity index is 0.00000243. The maximum absolute atomic E-state index is 12.3. The highest BCUT2D eigenvalue weighted by atomic mass is 32.3. The number of aromatic nitrogens is 2. The highest BCUT2D eigenvalue weighted by Gasteiger charge is 2.48. The van der Waals surface area contributed by atoms with Crippen molar-refractivity contribution in [2.45, 2.75) is 31.3 Å². The van der Waals surface area contributed by atoms with Gasteiger partial charge in [-0.3, -0.25) is 0 Å². The second-order valence-corrected chi connectivity index (χ2v) is 6.71. The average molecular weight is 377 g/mol. The number of aliphatic hydroxyl groups excluding tert-OH is 1. The number of piperidine rings is 1. The summed E-state index contributed by atoms with van der Waals surface area (Å²) in [7, 11) is -5.02. The van der Waals surface area contributed by atoms with Crippen LogP contribution in [0, 0.1) is 0 Å². The van der Waals surface area contributed by atoms with Gasteiger partial charge in [-0.1, -0.05) is 0 Å². The Morgan fingerprint density at radius 3 is 2.92 bits per heavy atom. The molecule has 1 aromatic heterocycles. The third-order valence-corrected chi connectivity index (χ3v) is 4.41. The van der Waals surface area contributed by atoms with Crippen LogP contribution in [0.4, 0.5) is 4.79 Å². The second-order valence-electron chi connectivity index (χ2n) is 5.75. The third kappa shape index (κ3) is 4.07. The van der Waals surface area contributed by atoms with E-state index in [0.29, 0.717) is 43.3 Å². The van der Waals surface area contributed by atoms with Crippen molar-refractivity contribution in [1.82, 2.24) is 25.5 Å². The molecule has 13 heteroatoms. The number of fused-ring (bicyclic) bond motifs is 2. The lowest BCUT2D eigenvalue weighted by atomic mass is 10.0. The summed E-state index contributed by atoms with van der Waals surface area (Å²) in [5, 5.41) is 20.2. The minimum absolute atomic E-state index is 0. The molecule has 0 radical (unpaired) electrons. The van der Waals surface area contributed by atoms with Crippen molar-refractivity contribution in [2.75, 3.05) is 26.2 Å². The van der Waals surface area contributed by atoms with Crippen LogP contribution >= 0.6 is 0 Å². The number of urea groups is 1. The van der Waals surface area contributed by atoms with E-state index >= 15 is 0 Å². The van der Waals surface area contributed by atoms with Crippen LogP contribution in [0.2, 0.25) is 0 Å². The molecule has 2 amide bonds. The standard InChI is InChI=1S/C12H19N5O7S/c18-6-5-13-4-3-10-14-15-11(23-10)9-2-1-8-7-16(9)12(19)17(8)24-25(20,21)22/h8-9,13,18H,1-7H2,(H,20,21,22)/t8-,9+/m1/s1. The van der Waals surface area contributed by atoms with E-state index in [1.54, 1.807) is 0 Å². The Hall–Kier alpha value is -1.80. The van der Waals surface area contributed by atoms with E-state index in [0.717, 1.165) is 0 Å². The van der Waals surface area contributed by atoms with Crippen molar-refractivity contribution < 1.29 is 33.0 Å². The first-order chi connectivity index (χ1) is 11.9. The Morgan fingerprint density at radius 2 is 2.20 bits per heavy atom. The summed E-state index contributed by atoms with van der Waals surface area (Å²) in [6.45, 7) is 1.27. The molecule has 2 atom stereocenters. The molecular weight excluding hydrogens is 358 g/mol. The Kier molecular flexibility index (Phi) is 5.19. The average Bonchev–Trinajstić information content (AvgIpc) is 3.11. The summed E-state index contributed by atoms with van der Waals surface area (Å²) in [6.07, 6.45) is 1.40. The van der Waals surface area contributed by atoms with E-state index in [1.165, 1.54) is 4.90 Å². The van der Waals surface area contributed by atoms with Gasteiger partial charge in [-0.05, 0) is 12.8 Å². The molecule has 0 aromatic carbocycles. The lowest BCUT2D eigenvalue weighted by molar-refractivity contribution is -0.0328. The normalized spacial score (nSPS) is 23.5. The van der Waals surface area contributed by atoms with E-state index < -0.39 is 28.5 Å². The van der Waals surface area contributed by atoms with E-state index in [1.807, 2.05) is 0 Å². The summed E-state index contributed by atoms with van der Waals surface area (Å²) in [5.41, 5.74) is 0. The molecule has 140 valence electrons. The third-order valence-electron chi connectivity index (χ3n) is 4.07. The van der Waals surface area contributed by atoms with Crippen molar-refractivity contribution in [1.29, 1.82) is 0 Å². The quantitative estimate of drug-likeness (QED) is 0.314. The number of carbonyl (C=O) groups excluding carboxylic acids is 1. The zero-order chi connectivity index (χ0) is 18.0. The number of hydrogen-bond acceptors (Lipinski definition) is 10. The molecule has 0 aliphatic carbocycles. The number of nitrogens with one attached hydrogen (secondary N) is 1. The number of rotatable bonds is 8. The van der Waals surface area contributed by atoms with E-state index in [-0.39, 0.29) is 20.5 Å². The zero-order valence-electron chi connectivity index (χ0n) is 14.2. The van der Waals surface area contributed by atoms with Gasteiger partial charge in [-0.2, -0.15) is 9.35 Å². The van der Waals surface area contributed by atoms with Crippen molar-refractivity contribution in [3.63, 3.8) is 0 Å². The molecule has 2 aliphatic heterocycles. The number of nitrogens with zero attached hydrogens (tertiary/aromatic N) is 4. The van der Waals surface area contributed by atoms with E-state index in [4.69, 9.17) is 9.52 Å². The molecular formula is C12H19N5O7S. The molecule has 2 bridgehead atoms. The Morgan fingerprint density at radius 1 is 1.40 bits per heavy atom. The lowest BCUT2D eigenvalue weighted by Crippen LogP contribution is -2.35. The van der Waals surface area contributed by atoms with Gasteiger partial charge in [0, 0.05) is 26.1 Å². The molecule has 2 aliphatic rings. The summed E-state index contributed by atoms with van der Waals surface area (Å²) < 4.78 is 42.1. The molecule has 2 N–H and O–H groups in total.